The normalized spacial score (nSPS) is 11.5. The van der Waals surface area contributed by atoms with Gasteiger partial charge < -0.3 is 10.1 Å². The Hall–Kier alpha value is -2.17. The predicted molar refractivity (Wildman–Crippen MR) is 110 cm³/mol. The van der Waals surface area contributed by atoms with Gasteiger partial charge in [0.2, 0.25) is 0 Å². The van der Waals surface area contributed by atoms with Crippen molar-refractivity contribution in [2.75, 3.05) is 7.05 Å². The minimum atomic E-state index is 0.0799. The van der Waals surface area contributed by atoms with Crippen LogP contribution < -0.4 is 10.1 Å². The maximum Gasteiger partial charge on any atom is 0.129 e. The fraction of sp³-hybridized carbons (Fsp3) is 0.318. The van der Waals surface area contributed by atoms with E-state index in [0.29, 0.717) is 6.61 Å². The van der Waals surface area contributed by atoms with Crippen molar-refractivity contribution in [2.24, 2.45) is 0 Å². The molecule has 0 spiro atoms. The third-order valence-corrected chi connectivity index (χ3v) is 5.09. The zero-order chi connectivity index (χ0) is 18.6. The lowest BCUT2D eigenvalue weighted by atomic mass is 9.86. The average Bonchev–Trinajstić information content (AvgIpc) is 3.09. The summed E-state index contributed by atoms with van der Waals surface area (Å²) in [6.45, 7) is 8.01. The molecule has 0 amide bonds. The molecular weight excluding hydrogens is 340 g/mol. The van der Waals surface area contributed by atoms with Gasteiger partial charge >= 0.3 is 0 Å². The van der Waals surface area contributed by atoms with Crippen LogP contribution in [-0.2, 0) is 18.6 Å². The molecule has 1 aromatic heterocycles. The largest absolute Gasteiger partial charge is 0.488 e. The Balaban J connectivity index is 1.94. The van der Waals surface area contributed by atoms with Crippen LogP contribution in [0.5, 0.6) is 5.75 Å². The first-order valence-electron chi connectivity index (χ1n) is 8.88. The molecule has 3 nitrogen and oxygen atoms in total. The summed E-state index contributed by atoms with van der Waals surface area (Å²) in [5.41, 5.74) is 4.56. The van der Waals surface area contributed by atoms with E-state index in [1.54, 1.807) is 11.3 Å². The zero-order valence-electron chi connectivity index (χ0n) is 15.9. The van der Waals surface area contributed by atoms with Crippen molar-refractivity contribution in [3.05, 3.63) is 70.0 Å². The highest BCUT2D eigenvalue weighted by atomic mass is 32.1. The van der Waals surface area contributed by atoms with E-state index in [1.165, 1.54) is 5.56 Å². The molecule has 0 aliphatic rings. The minimum Gasteiger partial charge on any atom is -0.488 e. The van der Waals surface area contributed by atoms with E-state index in [4.69, 9.17) is 9.72 Å². The molecule has 0 fully saturated rings. The Bertz CT molecular complexity index is 850. The second-order valence-electron chi connectivity index (χ2n) is 7.39. The number of nitrogens with one attached hydrogen (secondary N) is 1. The lowest BCUT2D eigenvalue weighted by Gasteiger charge is -2.21. The summed E-state index contributed by atoms with van der Waals surface area (Å²) in [6, 6.07) is 16.7. The van der Waals surface area contributed by atoms with E-state index >= 15 is 0 Å². The first-order valence-corrected chi connectivity index (χ1v) is 9.76. The van der Waals surface area contributed by atoms with E-state index in [-0.39, 0.29) is 5.41 Å². The van der Waals surface area contributed by atoms with Crippen LogP contribution in [0.25, 0.3) is 11.3 Å². The first-order chi connectivity index (χ1) is 12.5. The van der Waals surface area contributed by atoms with Gasteiger partial charge in [0.05, 0.1) is 5.69 Å². The monoisotopic (exact) mass is 366 g/mol. The molecule has 3 aromatic rings. The molecule has 3 rings (SSSR count). The van der Waals surface area contributed by atoms with Gasteiger partial charge in [-0.15, -0.1) is 11.3 Å². The van der Waals surface area contributed by atoms with Crippen molar-refractivity contribution in [3.8, 4) is 17.0 Å². The smallest absolute Gasteiger partial charge is 0.129 e. The van der Waals surface area contributed by atoms with Gasteiger partial charge in [-0.3, -0.25) is 0 Å². The van der Waals surface area contributed by atoms with Gasteiger partial charge in [0.15, 0.2) is 0 Å². The zero-order valence-corrected chi connectivity index (χ0v) is 16.7. The summed E-state index contributed by atoms with van der Waals surface area (Å²) >= 11 is 1.68. The number of thiazole rings is 1. The fourth-order valence-corrected chi connectivity index (χ4v) is 3.53. The molecule has 0 radical (unpaired) electrons. The van der Waals surface area contributed by atoms with Crippen molar-refractivity contribution in [2.45, 2.75) is 39.3 Å². The van der Waals surface area contributed by atoms with Crippen LogP contribution in [-0.4, -0.2) is 12.0 Å². The maximum atomic E-state index is 6.16. The standard InChI is InChI=1S/C22H26N2OS/c1-22(2,3)17-10-11-20(25-14-16-8-6-5-7-9-16)18(12-17)19-15-26-21(24-19)13-23-4/h5-12,15,23H,13-14H2,1-4H3. The van der Waals surface area contributed by atoms with Gasteiger partial charge in [0.25, 0.3) is 0 Å². The molecule has 0 bridgehead atoms. The molecule has 0 atom stereocenters. The summed E-state index contributed by atoms with van der Waals surface area (Å²) in [5.74, 6) is 0.878. The van der Waals surface area contributed by atoms with Crippen LogP contribution in [0.2, 0.25) is 0 Å². The van der Waals surface area contributed by atoms with Gasteiger partial charge in [0, 0.05) is 17.5 Å². The van der Waals surface area contributed by atoms with Gasteiger partial charge in [-0.2, -0.15) is 0 Å². The summed E-state index contributed by atoms with van der Waals surface area (Å²) in [6.07, 6.45) is 0. The lowest BCUT2D eigenvalue weighted by molar-refractivity contribution is 0.307. The van der Waals surface area contributed by atoms with Crippen molar-refractivity contribution in [1.82, 2.24) is 10.3 Å². The van der Waals surface area contributed by atoms with Crippen LogP contribution in [0.1, 0.15) is 36.9 Å². The van der Waals surface area contributed by atoms with Crippen molar-refractivity contribution in [3.63, 3.8) is 0 Å². The number of hydrogen-bond donors (Lipinski definition) is 1. The Morgan fingerprint density at radius 2 is 1.85 bits per heavy atom. The molecule has 1 heterocycles. The molecule has 0 aliphatic heterocycles. The molecule has 136 valence electrons. The maximum absolute atomic E-state index is 6.16. The lowest BCUT2D eigenvalue weighted by Crippen LogP contribution is -2.11. The molecule has 1 N–H and O–H groups in total. The van der Waals surface area contributed by atoms with E-state index in [2.05, 4.69) is 61.8 Å². The number of hydrogen-bond acceptors (Lipinski definition) is 4. The minimum absolute atomic E-state index is 0.0799. The van der Waals surface area contributed by atoms with Crippen LogP contribution in [0.4, 0.5) is 0 Å². The van der Waals surface area contributed by atoms with Gasteiger partial charge in [-0.05, 0) is 35.7 Å². The molecule has 0 unspecified atom stereocenters. The molecule has 0 saturated heterocycles. The topological polar surface area (TPSA) is 34.2 Å². The number of nitrogens with zero attached hydrogens (tertiary/aromatic N) is 1. The van der Waals surface area contributed by atoms with E-state index in [9.17, 15) is 0 Å². The van der Waals surface area contributed by atoms with Gasteiger partial charge in [0.1, 0.15) is 17.4 Å². The Labute approximate surface area is 160 Å². The quantitative estimate of drug-likeness (QED) is 0.634. The molecule has 0 aliphatic carbocycles. The second-order valence-corrected chi connectivity index (χ2v) is 8.33. The fourth-order valence-electron chi connectivity index (χ4n) is 2.72. The van der Waals surface area contributed by atoms with E-state index in [1.807, 2.05) is 25.2 Å². The highest BCUT2D eigenvalue weighted by molar-refractivity contribution is 7.09. The van der Waals surface area contributed by atoms with Crippen LogP contribution in [0.3, 0.4) is 0 Å². The van der Waals surface area contributed by atoms with Crippen molar-refractivity contribution >= 4 is 11.3 Å². The third kappa shape index (κ3) is 4.51. The number of rotatable bonds is 6. The van der Waals surface area contributed by atoms with E-state index in [0.717, 1.165) is 34.1 Å². The van der Waals surface area contributed by atoms with Crippen LogP contribution >= 0.6 is 11.3 Å². The highest BCUT2D eigenvalue weighted by Gasteiger charge is 2.18. The average molecular weight is 367 g/mol. The highest BCUT2D eigenvalue weighted by Crippen LogP contribution is 2.35. The van der Waals surface area contributed by atoms with Gasteiger partial charge in [-0.25, -0.2) is 4.98 Å². The van der Waals surface area contributed by atoms with Crippen LogP contribution in [0, 0.1) is 0 Å². The van der Waals surface area contributed by atoms with E-state index < -0.39 is 0 Å². The predicted octanol–water partition coefficient (Wildman–Crippen LogP) is 5.41. The first kappa shape index (κ1) is 18.6. The summed E-state index contributed by atoms with van der Waals surface area (Å²) in [4.78, 5) is 4.79. The molecular formula is C22H26N2OS. The SMILES string of the molecule is CNCc1nc(-c2cc(C(C)(C)C)ccc2OCc2ccccc2)cs1. The van der Waals surface area contributed by atoms with Crippen molar-refractivity contribution < 1.29 is 4.74 Å². The number of benzene rings is 2. The number of ether oxygens (including phenoxy) is 1. The Morgan fingerprint density at radius 1 is 1.08 bits per heavy atom. The molecule has 26 heavy (non-hydrogen) atoms. The second kappa shape index (κ2) is 8.02. The number of aromatic nitrogens is 1. The molecule has 2 aromatic carbocycles. The molecule has 0 saturated carbocycles. The van der Waals surface area contributed by atoms with Crippen molar-refractivity contribution in [1.29, 1.82) is 0 Å². The van der Waals surface area contributed by atoms with Gasteiger partial charge in [-0.1, -0.05) is 57.2 Å². The summed E-state index contributed by atoms with van der Waals surface area (Å²) in [5, 5.41) is 6.36. The Morgan fingerprint density at radius 3 is 2.54 bits per heavy atom. The summed E-state index contributed by atoms with van der Waals surface area (Å²) in [7, 11) is 1.94. The molecule has 4 heteroatoms. The third-order valence-electron chi connectivity index (χ3n) is 4.24. The Kier molecular flexibility index (Phi) is 5.74. The summed E-state index contributed by atoms with van der Waals surface area (Å²) < 4.78 is 6.16. The van der Waals surface area contributed by atoms with Crippen LogP contribution in [0.15, 0.2) is 53.9 Å².